The summed E-state index contributed by atoms with van der Waals surface area (Å²) < 4.78 is 12.8. The molecular weight excluding hydrogens is 295 g/mol. The van der Waals surface area contributed by atoms with Gasteiger partial charge in [0.15, 0.2) is 0 Å². The first kappa shape index (κ1) is 15.0. The highest BCUT2D eigenvalue weighted by molar-refractivity contribution is 7.98. The minimum Gasteiger partial charge on any atom is -0.322 e. The first-order chi connectivity index (χ1) is 10.0. The van der Waals surface area contributed by atoms with Gasteiger partial charge in [-0.1, -0.05) is 0 Å². The molecule has 0 atom stereocenters. The van der Waals surface area contributed by atoms with Gasteiger partial charge in [-0.3, -0.25) is 14.9 Å². The van der Waals surface area contributed by atoms with E-state index in [-0.39, 0.29) is 11.3 Å². The predicted octanol–water partition coefficient (Wildman–Crippen LogP) is 3.71. The number of thioether (sulfide) groups is 1. The Hall–Kier alpha value is -2.41. The molecule has 0 radical (unpaired) electrons. The topological polar surface area (TPSA) is 72.2 Å². The summed E-state index contributed by atoms with van der Waals surface area (Å²) in [6, 6.07) is 9.53. The highest BCUT2D eigenvalue weighted by Gasteiger charge is 2.17. The van der Waals surface area contributed by atoms with E-state index >= 15 is 0 Å². The van der Waals surface area contributed by atoms with Crippen molar-refractivity contribution in [2.75, 3.05) is 11.6 Å². The number of rotatable bonds is 4. The van der Waals surface area contributed by atoms with Gasteiger partial charge in [-0.25, -0.2) is 4.39 Å². The van der Waals surface area contributed by atoms with E-state index in [0.29, 0.717) is 10.6 Å². The zero-order valence-corrected chi connectivity index (χ0v) is 11.8. The minimum absolute atomic E-state index is 0.116. The van der Waals surface area contributed by atoms with Gasteiger partial charge >= 0.3 is 0 Å². The minimum atomic E-state index is -0.527. The normalized spacial score (nSPS) is 10.2. The summed E-state index contributed by atoms with van der Waals surface area (Å²) in [7, 11) is 0. The van der Waals surface area contributed by atoms with Crippen LogP contribution < -0.4 is 5.32 Å². The maximum atomic E-state index is 12.8. The molecule has 0 spiro atoms. The lowest BCUT2D eigenvalue weighted by Gasteiger charge is -2.06. The molecule has 0 aliphatic rings. The van der Waals surface area contributed by atoms with Crippen LogP contribution in [0, 0.1) is 15.9 Å². The zero-order valence-electron chi connectivity index (χ0n) is 11.0. The van der Waals surface area contributed by atoms with E-state index in [1.165, 1.54) is 54.2 Å². The SMILES string of the molecule is CSc1ccc(C(=O)Nc2ccc(F)cc2)cc1[N+](=O)[O-]. The third kappa shape index (κ3) is 3.57. The van der Waals surface area contributed by atoms with Crippen molar-refractivity contribution in [3.8, 4) is 0 Å². The number of nitro groups is 1. The summed E-state index contributed by atoms with van der Waals surface area (Å²) in [5.74, 6) is -0.898. The zero-order chi connectivity index (χ0) is 15.4. The molecule has 7 heteroatoms. The lowest BCUT2D eigenvalue weighted by atomic mass is 10.2. The fraction of sp³-hybridized carbons (Fsp3) is 0.0714. The van der Waals surface area contributed by atoms with E-state index in [4.69, 9.17) is 0 Å². The highest BCUT2D eigenvalue weighted by atomic mass is 32.2. The van der Waals surface area contributed by atoms with Crippen LogP contribution in [0.5, 0.6) is 0 Å². The van der Waals surface area contributed by atoms with Crippen LogP contribution in [0.25, 0.3) is 0 Å². The molecule has 0 bridgehead atoms. The van der Waals surface area contributed by atoms with Gasteiger partial charge in [0, 0.05) is 17.3 Å². The third-order valence-corrected chi connectivity index (χ3v) is 3.52. The lowest BCUT2D eigenvalue weighted by molar-refractivity contribution is -0.387. The van der Waals surface area contributed by atoms with Crippen molar-refractivity contribution in [2.45, 2.75) is 4.90 Å². The average Bonchev–Trinajstić information content (AvgIpc) is 2.48. The largest absolute Gasteiger partial charge is 0.322 e. The first-order valence-corrected chi connectivity index (χ1v) is 7.13. The van der Waals surface area contributed by atoms with Crippen LogP contribution in [0.4, 0.5) is 15.8 Å². The Bertz CT molecular complexity index is 689. The first-order valence-electron chi connectivity index (χ1n) is 5.90. The third-order valence-electron chi connectivity index (χ3n) is 2.74. The van der Waals surface area contributed by atoms with E-state index in [0.717, 1.165) is 0 Å². The van der Waals surface area contributed by atoms with Crippen molar-refractivity contribution in [1.29, 1.82) is 0 Å². The molecule has 1 amide bonds. The standard InChI is InChI=1S/C14H11FN2O3S/c1-21-13-7-2-9(8-12(13)17(19)20)14(18)16-11-5-3-10(15)4-6-11/h2-8H,1H3,(H,16,18). The maximum absolute atomic E-state index is 12.8. The van der Waals surface area contributed by atoms with Crippen molar-refractivity contribution < 1.29 is 14.1 Å². The second-order valence-electron chi connectivity index (χ2n) is 4.10. The van der Waals surface area contributed by atoms with Crippen molar-refractivity contribution >= 4 is 29.0 Å². The monoisotopic (exact) mass is 306 g/mol. The number of benzene rings is 2. The molecule has 108 valence electrons. The van der Waals surface area contributed by atoms with E-state index < -0.39 is 16.6 Å². The maximum Gasteiger partial charge on any atom is 0.283 e. The van der Waals surface area contributed by atoms with Gasteiger partial charge in [0.1, 0.15) is 5.82 Å². The molecule has 2 aromatic rings. The average molecular weight is 306 g/mol. The predicted molar refractivity (Wildman–Crippen MR) is 79.2 cm³/mol. The Morgan fingerprint density at radius 2 is 1.90 bits per heavy atom. The van der Waals surface area contributed by atoms with Crippen molar-refractivity contribution in [3.63, 3.8) is 0 Å². The molecular formula is C14H11FN2O3S. The van der Waals surface area contributed by atoms with Crippen molar-refractivity contribution in [1.82, 2.24) is 0 Å². The van der Waals surface area contributed by atoms with Crippen LogP contribution in [-0.4, -0.2) is 17.1 Å². The number of hydrogen-bond acceptors (Lipinski definition) is 4. The summed E-state index contributed by atoms with van der Waals surface area (Å²) in [6.07, 6.45) is 1.72. The van der Waals surface area contributed by atoms with Gasteiger partial charge in [-0.05, 0) is 42.7 Å². The molecule has 1 N–H and O–H groups in total. The number of nitrogens with one attached hydrogen (secondary N) is 1. The molecule has 0 aliphatic carbocycles. The van der Waals surface area contributed by atoms with Gasteiger partial charge in [-0.15, -0.1) is 11.8 Å². The summed E-state index contributed by atoms with van der Waals surface area (Å²) in [4.78, 5) is 23.0. The Morgan fingerprint density at radius 1 is 1.24 bits per heavy atom. The lowest BCUT2D eigenvalue weighted by Crippen LogP contribution is -2.12. The van der Waals surface area contributed by atoms with Gasteiger partial charge < -0.3 is 5.32 Å². The van der Waals surface area contributed by atoms with Crippen LogP contribution in [-0.2, 0) is 0 Å². The molecule has 0 heterocycles. The van der Waals surface area contributed by atoms with Crippen LogP contribution >= 0.6 is 11.8 Å². The smallest absolute Gasteiger partial charge is 0.283 e. The Morgan fingerprint density at radius 3 is 2.48 bits per heavy atom. The van der Waals surface area contributed by atoms with Crippen molar-refractivity contribution in [3.05, 3.63) is 64.0 Å². The fourth-order valence-corrected chi connectivity index (χ4v) is 2.26. The van der Waals surface area contributed by atoms with Crippen molar-refractivity contribution in [2.24, 2.45) is 0 Å². The number of halogens is 1. The second-order valence-corrected chi connectivity index (χ2v) is 4.95. The number of carbonyl (C=O) groups is 1. The van der Waals surface area contributed by atoms with Gasteiger partial charge in [0.25, 0.3) is 11.6 Å². The number of carbonyl (C=O) groups excluding carboxylic acids is 1. The van der Waals surface area contributed by atoms with Gasteiger partial charge in [-0.2, -0.15) is 0 Å². The number of nitrogens with zero attached hydrogens (tertiary/aromatic N) is 1. The molecule has 0 saturated heterocycles. The highest BCUT2D eigenvalue weighted by Crippen LogP contribution is 2.28. The van der Waals surface area contributed by atoms with Gasteiger partial charge in [0.05, 0.1) is 9.82 Å². The van der Waals surface area contributed by atoms with E-state index in [9.17, 15) is 19.3 Å². The van der Waals surface area contributed by atoms with Crippen LogP contribution in [0.1, 0.15) is 10.4 Å². The Kier molecular flexibility index (Phi) is 4.54. The second kappa shape index (κ2) is 6.36. The molecule has 2 rings (SSSR count). The Balaban J connectivity index is 2.25. The molecule has 0 unspecified atom stereocenters. The van der Waals surface area contributed by atoms with Crippen LogP contribution in [0.3, 0.4) is 0 Å². The quantitative estimate of drug-likeness (QED) is 0.531. The number of anilines is 1. The number of hydrogen-bond donors (Lipinski definition) is 1. The number of amides is 1. The molecule has 0 aliphatic heterocycles. The van der Waals surface area contributed by atoms with E-state index in [1.807, 2.05) is 0 Å². The van der Waals surface area contributed by atoms with E-state index in [2.05, 4.69) is 5.32 Å². The van der Waals surface area contributed by atoms with E-state index in [1.54, 1.807) is 6.26 Å². The van der Waals surface area contributed by atoms with Crippen LogP contribution in [0.2, 0.25) is 0 Å². The van der Waals surface area contributed by atoms with Crippen LogP contribution in [0.15, 0.2) is 47.4 Å². The molecule has 2 aromatic carbocycles. The molecule has 0 saturated carbocycles. The molecule has 21 heavy (non-hydrogen) atoms. The number of nitro benzene ring substituents is 1. The summed E-state index contributed by atoms with van der Waals surface area (Å²) >= 11 is 1.23. The summed E-state index contributed by atoms with van der Waals surface area (Å²) in [5.41, 5.74) is 0.469. The van der Waals surface area contributed by atoms with Gasteiger partial charge in [0.2, 0.25) is 0 Å². The summed E-state index contributed by atoms with van der Waals surface area (Å²) in [6.45, 7) is 0. The summed E-state index contributed by atoms with van der Waals surface area (Å²) in [5, 5.41) is 13.5. The molecule has 5 nitrogen and oxygen atoms in total. The Labute approximate surface area is 124 Å². The molecule has 0 fully saturated rings. The fourth-order valence-electron chi connectivity index (χ4n) is 1.71. The molecule has 0 aromatic heterocycles.